The smallest absolute Gasteiger partial charge is 0.277 e. The second kappa shape index (κ2) is 8.60. The Morgan fingerprint density at radius 2 is 2.07 bits per heavy atom. The number of nitrogens with one attached hydrogen (secondary N) is 1. The van der Waals surface area contributed by atoms with Gasteiger partial charge in [-0.3, -0.25) is 4.79 Å². The Morgan fingerprint density at radius 3 is 2.89 bits per heavy atom. The molecule has 1 amide bonds. The molecule has 0 spiro atoms. The van der Waals surface area contributed by atoms with Crippen LogP contribution in [0.5, 0.6) is 17.2 Å². The van der Waals surface area contributed by atoms with E-state index in [1.54, 1.807) is 31.2 Å². The van der Waals surface area contributed by atoms with E-state index >= 15 is 0 Å². The van der Waals surface area contributed by atoms with Crippen molar-refractivity contribution in [2.75, 3.05) is 13.4 Å². The minimum Gasteiger partial charge on any atom is -0.484 e. The molecule has 3 rings (SSSR count). The fourth-order valence-corrected chi connectivity index (χ4v) is 2.43. The van der Waals surface area contributed by atoms with Crippen molar-refractivity contribution in [3.63, 3.8) is 0 Å². The number of carbonyl (C=O) groups excluding carboxylic acids is 1. The zero-order chi connectivity index (χ0) is 19.2. The SMILES string of the molecule is CC(/C=C/c1ccc2c(c1)OCO2)=N\NC(=O)COc1ccc(Cl)c(C)c1. The molecule has 0 aromatic heterocycles. The molecule has 140 valence electrons. The van der Waals surface area contributed by atoms with Crippen molar-refractivity contribution in [3.05, 3.63) is 58.6 Å². The highest BCUT2D eigenvalue weighted by Crippen LogP contribution is 2.32. The molecule has 0 unspecified atom stereocenters. The highest BCUT2D eigenvalue weighted by Gasteiger charge is 2.12. The van der Waals surface area contributed by atoms with Crippen LogP contribution >= 0.6 is 11.6 Å². The summed E-state index contributed by atoms with van der Waals surface area (Å²) >= 11 is 5.96. The summed E-state index contributed by atoms with van der Waals surface area (Å²) in [5.41, 5.74) is 4.93. The van der Waals surface area contributed by atoms with E-state index < -0.39 is 0 Å². The summed E-state index contributed by atoms with van der Waals surface area (Å²) in [6.07, 6.45) is 3.67. The summed E-state index contributed by atoms with van der Waals surface area (Å²) in [6.45, 7) is 3.76. The van der Waals surface area contributed by atoms with Gasteiger partial charge in [-0.2, -0.15) is 5.10 Å². The number of aryl methyl sites for hydroxylation is 1. The lowest BCUT2D eigenvalue weighted by Gasteiger charge is -2.06. The third-order valence-electron chi connectivity index (χ3n) is 3.77. The Balaban J connectivity index is 1.49. The van der Waals surface area contributed by atoms with Crippen molar-refractivity contribution in [1.29, 1.82) is 0 Å². The van der Waals surface area contributed by atoms with E-state index in [9.17, 15) is 4.79 Å². The quantitative estimate of drug-likeness (QED) is 0.602. The van der Waals surface area contributed by atoms with Gasteiger partial charge < -0.3 is 14.2 Å². The number of fused-ring (bicyclic) bond motifs is 1. The number of nitrogens with zero attached hydrogens (tertiary/aromatic N) is 1. The third kappa shape index (κ3) is 5.24. The predicted octanol–water partition coefficient (Wildman–Crippen LogP) is 3.96. The van der Waals surface area contributed by atoms with Gasteiger partial charge in [-0.25, -0.2) is 5.43 Å². The highest BCUT2D eigenvalue weighted by atomic mass is 35.5. The monoisotopic (exact) mass is 386 g/mol. The van der Waals surface area contributed by atoms with Crippen LogP contribution in [0, 0.1) is 6.92 Å². The van der Waals surface area contributed by atoms with Crippen LogP contribution < -0.4 is 19.6 Å². The molecule has 7 heteroatoms. The average Bonchev–Trinajstić information content (AvgIpc) is 3.13. The molecule has 0 atom stereocenters. The van der Waals surface area contributed by atoms with Gasteiger partial charge in [0.15, 0.2) is 18.1 Å². The summed E-state index contributed by atoms with van der Waals surface area (Å²) in [5, 5.41) is 4.68. The number of rotatable bonds is 6. The van der Waals surface area contributed by atoms with Gasteiger partial charge in [-0.05, 0) is 61.4 Å². The molecule has 1 aliphatic heterocycles. The molecule has 0 saturated carbocycles. The lowest BCUT2D eigenvalue weighted by molar-refractivity contribution is -0.123. The summed E-state index contributed by atoms with van der Waals surface area (Å²) in [5.74, 6) is 1.68. The minimum atomic E-state index is -0.349. The second-order valence-electron chi connectivity index (χ2n) is 5.93. The van der Waals surface area contributed by atoms with Gasteiger partial charge in [0, 0.05) is 5.02 Å². The molecular formula is C20H19ClN2O4. The van der Waals surface area contributed by atoms with E-state index in [1.807, 2.05) is 31.2 Å². The standard InChI is InChI=1S/C20H19ClN2O4/c1-13-9-16(6-7-17(13)21)25-11-20(24)23-22-14(2)3-4-15-5-8-18-19(10-15)27-12-26-18/h3-10H,11-12H2,1-2H3,(H,23,24)/b4-3+,22-14+. The second-order valence-corrected chi connectivity index (χ2v) is 6.34. The maximum atomic E-state index is 11.9. The van der Waals surface area contributed by atoms with Crippen LogP contribution in [0.3, 0.4) is 0 Å². The molecule has 1 N–H and O–H groups in total. The van der Waals surface area contributed by atoms with E-state index in [4.69, 9.17) is 25.8 Å². The lowest BCUT2D eigenvalue weighted by atomic mass is 10.2. The molecule has 0 aliphatic carbocycles. The van der Waals surface area contributed by atoms with Crippen molar-refractivity contribution in [2.24, 2.45) is 5.10 Å². The Bertz CT molecular complexity index is 909. The van der Waals surface area contributed by atoms with Crippen LogP contribution in [0.2, 0.25) is 5.02 Å². The van der Waals surface area contributed by atoms with E-state index in [2.05, 4.69) is 10.5 Å². The molecule has 1 heterocycles. The molecule has 6 nitrogen and oxygen atoms in total. The number of carbonyl (C=O) groups is 1. The largest absolute Gasteiger partial charge is 0.484 e. The average molecular weight is 387 g/mol. The molecule has 0 bridgehead atoms. The number of halogens is 1. The minimum absolute atomic E-state index is 0.135. The molecule has 2 aromatic rings. The Labute approximate surface area is 162 Å². The van der Waals surface area contributed by atoms with Crippen molar-refractivity contribution in [1.82, 2.24) is 5.43 Å². The summed E-state index contributed by atoms with van der Waals surface area (Å²) < 4.78 is 16.0. The first-order valence-electron chi connectivity index (χ1n) is 8.31. The number of hydrogen-bond acceptors (Lipinski definition) is 5. The van der Waals surface area contributed by atoms with Gasteiger partial charge in [0.05, 0.1) is 5.71 Å². The Kier molecular flexibility index (Phi) is 5.98. The van der Waals surface area contributed by atoms with Gasteiger partial charge in [0.25, 0.3) is 5.91 Å². The number of ether oxygens (including phenoxy) is 3. The van der Waals surface area contributed by atoms with Crippen molar-refractivity contribution >= 4 is 29.3 Å². The zero-order valence-corrected chi connectivity index (χ0v) is 15.7. The van der Waals surface area contributed by atoms with Crippen LogP contribution in [0.1, 0.15) is 18.1 Å². The highest BCUT2D eigenvalue weighted by molar-refractivity contribution is 6.31. The van der Waals surface area contributed by atoms with Crippen LogP contribution in [0.4, 0.5) is 0 Å². The van der Waals surface area contributed by atoms with Crippen LogP contribution in [-0.4, -0.2) is 25.0 Å². The lowest BCUT2D eigenvalue weighted by Crippen LogP contribution is -2.25. The van der Waals surface area contributed by atoms with Crippen molar-refractivity contribution in [3.8, 4) is 17.2 Å². The number of hydrogen-bond donors (Lipinski definition) is 1. The maximum Gasteiger partial charge on any atom is 0.277 e. The van der Waals surface area contributed by atoms with Gasteiger partial charge in [0.2, 0.25) is 6.79 Å². The topological polar surface area (TPSA) is 69.2 Å². The van der Waals surface area contributed by atoms with E-state index in [-0.39, 0.29) is 19.3 Å². The predicted molar refractivity (Wildman–Crippen MR) is 105 cm³/mol. The Hall–Kier alpha value is -2.99. The normalized spacial score (nSPS) is 13.1. The van der Waals surface area contributed by atoms with Crippen molar-refractivity contribution < 1.29 is 19.0 Å². The summed E-state index contributed by atoms with van der Waals surface area (Å²) in [7, 11) is 0. The number of allylic oxidation sites excluding steroid dienone is 1. The molecular weight excluding hydrogens is 368 g/mol. The first-order chi connectivity index (χ1) is 13.0. The first kappa shape index (κ1) is 18.8. The van der Waals surface area contributed by atoms with E-state index in [0.717, 1.165) is 22.6 Å². The fourth-order valence-electron chi connectivity index (χ4n) is 2.31. The van der Waals surface area contributed by atoms with Crippen molar-refractivity contribution in [2.45, 2.75) is 13.8 Å². The molecule has 0 radical (unpaired) electrons. The van der Waals surface area contributed by atoms with Gasteiger partial charge in [-0.1, -0.05) is 23.7 Å². The van der Waals surface area contributed by atoms with Crippen LogP contribution in [0.25, 0.3) is 6.08 Å². The Morgan fingerprint density at radius 1 is 1.26 bits per heavy atom. The van der Waals surface area contributed by atoms with E-state index in [1.165, 1.54) is 0 Å². The number of benzene rings is 2. The maximum absolute atomic E-state index is 11.9. The zero-order valence-electron chi connectivity index (χ0n) is 15.0. The molecule has 0 fully saturated rings. The molecule has 1 aliphatic rings. The molecule has 2 aromatic carbocycles. The first-order valence-corrected chi connectivity index (χ1v) is 8.69. The van der Waals surface area contributed by atoms with Gasteiger partial charge in [-0.15, -0.1) is 0 Å². The van der Waals surface area contributed by atoms with Crippen LogP contribution in [0.15, 0.2) is 47.6 Å². The molecule has 0 saturated heterocycles. The number of amides is 1. The summed E-state index contributed by atoms with van der Waals surface area (Å²) in [4.78, 5) is 11.9. The third-order valence-corrected chi connectivity index (χ3v) is 4.19. The summed E-state index contributed by atoms with van der Waals surface area (Å²) in [6, 6.07) is 10.9. The fraction of sp³-hybridized carbons (Fsp3) is 0.200. The van der Waals surface area contributed by atoms with E-state index in [0.29, 0.717) is 16.5 Å². The van der Waals surface area contributed by atoms with Gasteiger partial charge in [0.1, 0.15) is 5.75 Å². The number of hydrazone groups is 1. The molecule has 27 heavy (non-hydrogen) atoms. The van der Waals surface area contributed by atoms with Crippen LogP contribution in [-0.2, 0) is 4.79 Å². The van der Waals surface area contributed by atoms with Gasteiger partial charge >= 0.3 is 0 Å².